The van der Waals surface area contributed by atoms with E-state index < -0.39 is 67.3 Å². The van der Waals surface area contributed by atoms with Gasteiger partial charge in [0.25, 0.3) is 0 Å². The number of nitrogens with two attached hydrogens (primary N) is 1. The van der Waals surface area contributed by atoms with Crippen LogP contribution in [0.3, 0.4) is 0 Å². The average Bonchev–Trinajstić information content (AvgIpc) is 3.23. The maximum absolute atomic E-state index is 14.1. The van der Waals surface area contributed by atoms with Gasteiger partial charge in [0.05, 0.1) is 25.7 Å². The highest BCUT2D eigenvalue weighted by molar-refractivity contribution is 5.90. The molecule has 0 aromatic heterocycles. The lowest BCUT2D eigenvalue weighted by Crippen LogP contribution is -2.75. The van der Waals surface area contributed by atoms with Crippen LogP contribution in [0.15, 0.2) is 0 Å². The standard InChI is InChI=1S/C48H91N3O9/c1-3-5-7-9-11-13-15-17-19-21-23-25-27-29-31-33-37-51(43(55)34-32-30-28-26-24-22-20-18-16-14-12-10-8-6-4-2)48(49)45(47(59)46(58)41(39-52)60-48)40(53)38-50-42(54)35-36-44(56)57/h41,45-47,52,58-59H,3-39,49H2,1-2H3,(H,50,54)(H,56,57)/t41-,45-,46+,47-,48+/m1/s1. The summed E-state index contributed by atoms with van der Waals surface area (Å²) in [5.41, 5.74) is 6.88. The summed E-state index contributed by atoms with van der Waals surface area (Å²) in [6.07, 6.45) is 31.5. The number of carbonyl (C=O) groups is 4. The van der Waals surface area contributed by atoms with Gasteiger partial charge in [0.15, 0.2) is 5.78 Å². The molecule has 0 bridgehead atoms. The summed E-state index contributed by atoms with van der Waals surface area (Å²) in [4.78, 5) is 52.3. The molecule has 0 aliphatic carbocycles. The van der Waals surface area contributed by atoms with Crippen molar-refractivity contribution in [2.75, 3.05) is 19.7 Å². The molecule has 0 spiro atoms. The van der Waals surface area contributed by atoms with Gasteiger partial charge in [0.2, 0.25) is 17.7 Å². The van der Waals surface area contributed by atoms with E-state index in [1.165, 1.54) is 146 Å². The number of Topliss-reactive ketones (excluding diaryl/α,β-unsaturated/α-hetero) is 1. The highest BCUT2D eigenvalue weighted by Crippen LogP contribution is 2.36. The zero-order valence-corrected chi connectivity index (χ0v) is 38.3. The molecule has 7 N–H and O–H groups in total. The molecular weight excluding hydrogens is 763 g/mol. The first kappa shape index (κ1) is 55.9. The summed E-state index contributed by atoms with van der Waals surface area (Å²) in [6.45, 7) is 3.34. The van der Waals surface area contributed by atoms with Gasteiger partial charge in [0.1, 0.15) is 18.1 Å². The van der Waals surface area contributed by atoms with Gasteiger partial charge in [-0.2, -0.15) is 0 Å². The van der Waals surface area contributed by atoms with E-state index in [1.54, 1.807) is 0 Å². The van der Waals surface area contributed by atoms with Crippen molar-refractivity contribution in [3.8, 4) is 0 Å². The molecule has 0 unspecified atom stereocenters. The van der Waals surface area contributed by atoms with E-state index in [9.17, 15) is 34.5 Å². The monoisotopic (exact) mass is 854 g/mol. The van der Waals surface area contributed by atoms with Gasteiger partial charge in [-0.1, -0.05) is 200 Å². The largest absolute Gasteiger partial charge is 0.481 e. The third kappa shape index (κ3) is 25.1. The zero-order chi connectivity index (χ0) is 44.3. The van der Waals surface area contributed by atoms with Gasteiger partial charge in [-0.05, 0) is 12.8 Å². The molecule has 1 saturated heterocycles. The van der Waals surface area contributed by atoms with Gasteiger partial charge in [-0.15, -0.1) is 0 Å². The number of aliphatic hydroxyl groups excluding tert-OH is 3. The van der Waals surface area contributed by atoms with Crippen LogP contribution in [0, 0.1) is 5.92 Å². The SMILES string of the molecule is CCCCCCCCCCCCCCCCCCN(C(=O)CCCCCCCCCCCCCCCCC)[C@]1(N)O[C@H](CO)[C@H](O)[C@H](O)[C@H]1C(=O)CNC(=O)CCC(=O)O. The highest BCUT2D eigenvalue weighted by atomic mass is 16.6. The molecule has 352 valence electrons. The fraction of sp³-hybridized carbons (Fsp3) is 0.917. The van der Waals surface area contributed by atoms with Gasteiger partial charge >= 0.3 is 5.97 Å². The Labute approximate surface area is 364 Å². The molecule has 0 saturated carbocycles. The van der Waals surface area contributed by atoms with Crippen molar-refractivity contribution in [2.24, 2.45) is 11.7 Å². The maximum atomic E-state index is 14.1. The summed E-state index contributed by atoms with van der Waals surface area (Å²) in [5.74, 6) is -6.79. The van der Waals surface area contributed by atoms with E-state index >= 15 is 0 Å². The summed E-state index contributed by atoms with van der Waals surface area (Å²) in [7, 11) is 0. The third-order valence-corrected chi connectivity index (χ3v) is 12.4. The molecule has 0 aromatic rings. The number of hydrogen-bond acceptors (Lipinski definition) is 9. The Morgan fingerprint density at radius 3 is 1.33 bits per heavy atom. The molecule has 1 heterocycles. The number of aliphatic hydroxyl groups is 3. The van der Waals surface area contributed by atoms with Crippen LogP contribution in [-0.4, -0.2) is 92.8 Å². The first-order valence-electron chi connectivity index (χ1n) is 24.8. The Kier molecular flexibility index (Phi) is 33.9. The summed E-state index contributed by atoms with van der Waals surface area (Å²) in [6, 6.07) is 0. The van der Waals surface area contributed by atoms with E-state index in [-0.39, 0.29) is 25.3 Å². The van der Waals surface area contributed by atoms with Crippen LogP contribution in [0.2, 0.25) is 0 Å². The second-order valence-electron chi connectivity index (χ2n) is 17.7. The highest BCUT2D eigenvalue weighted by Gasteiger charge is 2.58. The molecule has 12 nitrogen and oxygen atoms in total. The Hall–Kier alpha value is -2.12. The summed E-state index contributed by atoms with van der Waals surface area (Å²) >= 11 is 0. The number of nitrogens with one attached hydrogen (secondary N) is 1. The number of carboxylic acids is 1. The minimum absolute atomic E-state index is 0.155. The zero-order valence-electron chi connectivity index (χ0n) is 38.3. The van der Waals surface area contributed by atoms with E-state index in [0.717, 1.165) is 44.9 Å². The molecule has 12 heteroatoms. The Morgan fingerprint density at radius 1 is 0.567 bits per heavy atom. The molecule has 5 atom stereocenters. The molecule has 1 rings (SSSR count). The van der Waals surface area contributed by atoms with Gasteiger partial charge in [-0.25, -0.2) is 0 Å². The summed E-state index contributed by atoms with van der Waals surface area (Å²) in [5, 5.41) is 43.5. The second kappa shape index (κ2) is 36.4. The number of amides is 2. The molecule has 60 heavy (non-hydrogen) atoms. The van der Waals surface area contributed by atoms with Gasteiger partial charge in [0, 0.05) is 19.4 Å². The average molecular weight is 854 g/mol. The number of ether oxygens (including phenoxy) is 1. The van der Waals surface area contributed by atoms with Crippen LogP contribution in [0.25, 0.3) is 0 Å². The van der Waals surface area contributed by atoms with E-state index in [0.29, 0.717) is 12.8 Å². The predicted molar refractivity (Wildman–Crippen MR) is 240 cm³/mol. The predicted octanol–water partition coefficient (Wildman–Crippen LogP) is 9.23. The topological polar surface area (TPSA) is 200 Å². The van der Waals surface area contributed by atoms with E-state index in [2.05, 4.69) is 19.2 Å². The number of hydrogen-bond donors (Lipinski definition) is 6. The van der Waals surface area contributed by atoms with Gasteiger partial charge < -0.3 is 35.4 Å². The third-order valence-electron chi connectivity index (χ3n) is 12.4. The molecule has 1 aliphatic heterocycles. The van der Waals surface area contributed by atoms with Crippen LogP contribution in [-0.2, 0) is 23.9 Å². The van der Waals surface area contributed by atoms with Crippen LogP contribution in [0.5, 0.6) is 0 Å². The Balaban J connectivity index is 2.76. The molecule has 0 radical (unpaired) electrons. The number of aliphatic carboxylic acids is 1. The normalized spacial score (nSPS) is 20.3. The number of ketones is 1. The maximum Gasteiger partial charge on any atom is 0.303 e. The van der Waals surface area contributed by atoms with Crippen LogP contribution >= 0.6 is 0 Å². The Bertz CT molecular complexity index is 1110. The molecular formula is C48H91N3O9. The molecule has 2 amide bonds. The first-order chi connectivity index (χ1) is 29.0. The lowest BCUT2D eigenvalue weighted by Gasteiger charge is -2.52. The van der Waals surface area contributed by atoms with Crippen molar-refractivity contribution in [2.45, 2.75) is 256 Å². The number of rotatable bonds is 41. The van der Waals surface area contributed by atoms with Crippen LogP contribution in [0.1, 0.15) is 232 Å². The number of carboxylic acid groups (broad SMARTS) is 1. The summed E-state index contributed by atoms with van der Waals surface area (Å²) < 4.78 is 6.03. The van der Waals surface area contributed by atoms with Crippen LogP contribution < -0.4 is 11.1 Å². The molecule has 0 aromatic carbocycles. The number of nitrogens with zero attached hydrogens (tertiary/aromatic N) is 1. The minimum Gasteiger partial charge on any atom is -0.481 e. The lowest BCUT2D eigenvalue weighted by atomic mass is 9.82. The van der Waals surface area contributed by atoms with E-state index in [4.69, 9.17) is 15.6 Å². The number of unbranched alkanes of at least 4 members (excludes halogenated alkanes) is 29. The van der Waals surface area contributed by atoms with Crippen molar-refractivity contribution in [1.29, 1.82) is 0 Å². The van der Waals surface area contributed by atoms with Crippen molar-refractivity contribution in [3.63, 3.8) is 0 Å². The van der Waals surface area contributed by atoms with Crippen molar-refractivity contribution < 1.29 is 44.3 Å². The fourth-order valence-electron chi connectivity index (χ4n) is 8.54. The number of carbonyl (C=O) groups excluding carboxylic acids is 3. The smallest absolute Gasteiger partial charge is 0.303 e. The minimum atomic E-state index is -2.20. The van der Waals surface area contributed by atoms with Crippen LogP contribution in [0.4, 0.5) is 0 Å². The second-order valence-corrected chi connectivity index (χ2v) is 17.7. The van der Waals surface area contributed by atoms with Gasteiger partial charge in [-0.3, -0.25) is 24.9 Å². The van der Waals surface area contributed by atoms with E-state index in [1.807, 2.05) is 0 Å². The molecule has 1 fully saturated rings. The lowest BCUT2D eigenvalue weighted by molar-refractivity contribution is -0.291. The molecule has 1 aliphatic rings. The van der Waals surface area contributed by atoms with Crippen molar-refractivity contribution >= 4 is 23.6 Å². The van der Waals surface area contributed by atoms with Crippen molar-refractivity contribution in [1.82, 2.24) is 10.2 Å². The van der Waals surface area contributed by atoms with Crippen molar-refractivity contribution in [3.05, 3.63) is 0 Å². The Morgan fingerprint density at radius 2 is 0.950 bits per heavy atom. The first-order valence-corrected chi connectivity index (χ1v) is 24.8. The quantitative estimate of drug-likeness (QED) is 0.0255. The fourth-order valence-corrected chi connectivity index (χ4v) is 8.54.